The SMILES string of the molecule is O=C1CCC(C(=O)OCc2nc(-c3ccccc3)no2)=NN1. The van der Waals surface area contributed by atoms with E-state index in [-0.39, 0.29) is 37.0 Å². The molecular weight excluding hydrogens is 288 g/mol. The fourth-order valence-electron chi connectivity index (χ4n) is 1.85. The third-order valence-corrected chi connectivity index (χ3v) is 2.97. The Balaban J connectivity index is 1.59. The molecule has 0 bridgehead atoms. The number of nitrogens with zero attached hydrogens (tertiary/aromatic N) is 3. The highest BCUT2D eigenvalue weighted by Gasteiger charge is 2.20. The van der Waals surface area contributed by atoms with Gasteiger partial charge in [0.2, 0.25) is 11.7 Å². The van der Waals surface area contributed by atoms with Gasteiger partial charge in [0.05, 0.1) is 0 Å². The van der Waals surface area contributed by atoms with Gasteiger partial charge in [0.15, 0.2) is 6.61 Å². The Hall–Kier alpha value is -3.03. The zero-order chi connectivity index (χ0) is 15.4. The molecule has 0 saturated heterocycles. The highest BCUT2D eigenvalue weighted by Crippen LogP contribution is 2.15. The second-order valence-electron chi connectivity index (χ2n) is 4.55. The summed E-state index contributed by atoms with van der Waals surface area (Å²) in [6.45, 7) is -0.147. The van der Waals surface area contributed by atoms with E-state index in [1.165, 1.54) is 0 Å². The lowest BCUT2D eigenvalue weighted by molar-refractivity contribution is -0.137. The first-order valence-electron chi connectivity index (χ1n) is 6.63. The number of carbonyl (C=O) groups is 2. The van der Waals surface area contributed by atoms with Gasteiger partial charge < -0.3 is 9.26 Å². The lowest BCUT2D eigenvalue weighted by Gasteiger charge is -2.10. The molecule has 3 rings (SSSR count). The molecule has 2 heterocycles. The number of hydrazone groups is 1. The summed E-state index contributed by atoms with van der Waals surface area (Å²) in [4.78, 5) is 26.9. The Kier molecular flexibility index (Phi) is 3.90. The molecule has 0 saturated carbocycles. The van der Waals surface area contributed by atoms with Crippen LogP contribution in [-0.4, -0.2) is 27.7 Å². The number of benzene rings is 1. The number of hydrogen-bond donors (Lipinski definition) is 1. The maximum Gasteiger partial charge on any atom is 0.355 e. The average molecular weight is 300 g/mol. The molecule has 0 fully saturated rings. The highest BCUT2D eigenvalue weighted by atomic mass is 16.6. The number of carbonyl (C=O) groups excluding carboxylic acids is 2. The van der Waals surface area contributed by atoms with Gasteiger partial charge in [-0.25, -0.2) is 10.2 Å². The first-order chi connectivity index (χ1) is 10.7. The van der Waals surface area contributed by atoms with E-state index in [2.05, 4.69) is 20.7 Å². The molecule has 1 aromatic carbocycles. The number of esters is 1. The van der Waals surface area contributed by atoms with Crippen LogP contribution in [0.2, 0.25) is 0 Å². The van der Waals surface area contributed by atoms with E-state index in [1.807, 2.05) is 30.3 Å². The van der Waals surface area contributed by atoms with Crippen molar-refractivity contribution >= 4 is 17.6 Å². The summed E-state index contributed by atoms with van der Waals surface area (Å²) in [7, 11) is 0. The fourth-order valence-corrected chi connectivity index (χ4v) is 1.85. The maximum absolute atomic E-state index is 11.8. The van der Waals surface area contributed by atoms with Gasteiger partial charge in [-0.2, -0.15) is 10.1 Å². The number of amides is 1. The van der Waals surface area contributed by atoms with E-state index in [4.69, 9.17) is 9.26 Å². The minimum absolute atomic E-state index is 0.147. The molecule has 22 heavy (non-hydrogen) atoms. The molecule has 1 aliphatic heterocycles. The second kappa shape index (κ2) is 6.17. The smallest absolute Gasteiger partial charge is 0.355 e. The van der Waals surface area contributed by atoms with Crippen molar-refractivity contribution in [1.82, 2.24) is 15.6 Å². The van der Waals surface area contributed by atoms with Crippen LogP contribution in [0.1, 0.15) is 18.7 Å². The van der Waals surface area contributed by atoms with E-state index in [0.717, 1.165) is 5.56 Å². The fraction of sp³-hybridized carbons (Fsp3) is 0.214. The summed E-state index contributed by atoms with van der Waals surface area (Å²) in [5.74, 6) is -0.220. The molecular formula is C14H12N4O4. The molecule has 8 heteroatoms. The summed E-state index contributed by atoms with van der Waals surface area (Å²) >= 11 is 0. The number of rotatable bonds is 4. The lowest BCUT2D eigenvalue weighted by atomic mass is 10.2. The molecule has 1 aliphatic rings. The van der Waals surface area contributed by atoms with Crippen LogP contribution in [0, 0.1) is 0 Å². The highest BCUT2D eigenvalue weighted by molar-refractivity contribution is 6.37. The van der Waals surface area contributed by atoms with Crippen molar-refractivity contribution in [3.8, 4) is 11.4 Å². The van der Waals surface area contributed by atoms with Crippen molar-refractivity contribution in [1.29, 1.82) is 0 Å². The molecule has 1 amide bonds. The van der Waals surface area contributed by atoms with E-state index < -0.39 is 5.97 Å². The molecule has 112 valence electrons. The van der Waals surface area contributed by atoms with Gasteiger partial charge in [0.25, 0.3) is 5.89 Å². The van der Waals surface area contributed by atoms with Crippen molar-refractivity contribution in [2.45, 2.75) is 19.4 Å². The topological polar surface area (TPSA) is 107 Å². The minimum Gasteiger partial charge on any atom is -0.451 e. The molecule has 0 aliphatic carbocycles. The summed E-state index contributed by atoms with van der Waals surface area (Å²) in [5, 5.41) is 7.47. The molecule has 0 spiro atoms. The lowest BCUT2D eigenvalue weighted by Crippen LogP contribution is -2.30. The maximum atomic E-state index is 11.8. The van der Waals surface area contributed by atoms with Crippen LogP contribution in [0.5, 0.6) is 0 Å². The molecule has 0 unspecified atom stereocenters. The Morgan fingerprint density at radius 3 is 2.82 bits per heavy atom. The Morgan fingerprint density at radius 2 is 2.09 bits per heavy atom. The van der Waals surface area contributed by atoms with E-state index in [0.29, 0.717) is 5.82 Å². The Labute approximate surface area is 125 Å². The van der Waals surface area contributed by atoms with Crippen molar-refractivity contribution in [2.24, 2.45) is 5.10 Å². The van der Waals surface area contributed by atoms with Crippen LogP contribution < -0.4 is 5.43 Å². The van der Waals surface area contributed by atoms with Crippen molar-refractivity contribution in [3.63, 3.8) is 0 Å². The summed E-state index contributed by atoms with van der Waals surface area (Å²) in [5.41, 5.74) is 3.21. The van der Waals surface area contributed by atoms with Crippen LogP contribution in [0.25, 0.3) is 11.4 Å². The van der Waals surface area contributed by atoms with Gasteiger partial charge in [-0.05, 0) is 0 Å². The third kappa shape index (κ3) is 3.17. The van der Waals surface area contributed by atoms with Crippen LogP contribution in [0.15, 0.2) is 40.0 Å². The van der Waals surface area contributed by atoms with Gasteiger partial charge in [-0.1, -0.05) is 35.5 Å². The van der Waals surface area contributed by atoms with Crippen LogP contribution >= 0.6 is 0 Å². The normalized spacial score (nSPS) is 14.2. The van der Waals surface area contributed by atoms with Gasteiger partial charge >= 0.3 is 5.97 Å². The van der Waals surface area contributed by atoms with Crippen LogP contribution in [0.3, 0.4) is 0 Å². The van der Waals surface area contributed by atoms with Gasteiger partial charge in [-0.15, -0.1) is 0 Å². The molecule has 1 aromatic heterocycles. The van der Waals surface area contributed by atoms with Gasteiger partial charge in [0, 0.05) is 18.4 Å². The van der Waals surface area contributed by atoms with Gasteiger partial charge in [-0.3, -0.25) is 4.79 Å². The minimum atomic E-state index is -0.612. The van der Waals surface area contributed by atoms with E-state index >= 15 is 0 Å². The summed E-state index contributed by atoms with van der Waals surface area (Å²) < 4.78 is 10.1. The predicted octanol–water partition coefficient (Wildman–Crippen LogP) is 1.05. The summed E-state index contributed by atoms with van der Waals surface area (Å²) in [6, 6.07) is 9.30. The third-order valence-electron chi connectivity index (χ3n) is 2.97. The zero-order valence-corrected chi connectivity index (χ0v) is 11.5. The van der Waals surface area contributed by atoms with Crippen molar-refractivity contribution < 1.29 is 18.8 Å². The van der Waals surface area contributed by atoms with Crippen LogP contribution in [0.4, 0.5) is 0 Å². The first-order valence-corrected chi connectivity index (χ1v) is 6.63. The van der Waals surface area contributed by atoms with Crippen LogP contribution in [-0.2, 0) is 20.9 Å². The second-order valence-corrected chi connectivity index (χ2v) is 4.55. The Morgan fingerprint density at radius 1 is 1.27 bits per heavy atom. The van der Waals surface area contributed by atoms with Gasteiger partial charge in [0.1, 0.15) is 5.71 Å². The number of aromatic nitrogens is 2. The largest absolute Gasteiger partial charge is 0.451 e. The quantitative estimate of drug-likeness (QED) is 0.846. The summed E-state index contributed by atoms with van der Waals surface area (Å²) in [6.07, 6.45) is 0.469. The van der Waals surface area contributed by atoms with Crippen molar-refractivity contribution in [3.05, 3.63) is 36.2 Å². The molecule has 0 radical (unpaired) electrons. The molecule has 0 atom stereocenters. The number of hydrogen-bond acceptors (Lipinski definition) is 7. The monoisotopic (exact) mass is 300 g/mol. The molecule has 1 N–H and O–H groups in total. The standard InChI is InChI=1S/C14H12N4O4/c19-11-7-6-10(16-17-11)14(20)21-8-12-15-13(18-22-12)9-4-2-1-3-5-9/h1-5H,6-8H2,(H,17,19). The van der Waals surface area contributed by atoms with E-state index in [9.17, 15) is 9.59 Å². The Bertz CT molecular complexity index is 723. The van der Waals surface area contributed by atoms with Crippen molar-refractivity contribution in [2.75, 3.05) is 0 Å². The van der Waals surface area contributed by atoms with E-state index in [1.54, 1.807) is 0 Å². The molecule has 2 aromatic rings. The average Bonchev–Trinajstić information content (AvgIpc) is 3.03. The zero-order valence-electron chi connectivity index (χ0n) is 11.5. The number of nitrogens with one attached hydrogen (secondary N) is 1. The predicted molar refractivity (Wildman–Crippen MR) is 74.3 cm³/mol. The first kappa shape index (κ1) is 13.9. The molecule has 8 nitrogen and oxygen atoms in total. The number of ether oxygens (including phenoxy) is 1.